The molecule has 0 saturated carbocycles. The van der Waals surface area contributed by atoms with Gasteiger partial charge in [-0.1, -0.05) is 31.5 Å². The molecule has 2 heterocycles. The van der Waals surface area contributed by atoms with E-state index in [0.717, 1.165) is 31.6 Å². The molecule has 0 spiro atoms. The molecular weight excluding hydrogens is 272 g/mol. The highest BCUT2D eigenvalue weighted by molar-refractivity contribution is 5.54. The van der Waals surface area contributed by atoms with Gasteiger partial charge in [0.1, 0.15) is 0 Å². The van der Waals surface area contributed by atoms with Gasteiger partial charge in [0.05, 0.1) is 23.3 Å². The summed E-state index contributed by atoms with van der Waals surface area (Å²) >= 11 is 0. The predicted molar refractivity (Wildman–Crippen MR) is 91.8 cm³/mol. The van der Waals surface area contributed by atoms with Crippen LogP contribution in [0.4, 0.5) is 5.69 Å². The minimum atomic E-state index is 0.353. The first-order chi connectivity index (χ1) is 10.6. The first kappa shape index (κ1) is 15.1. The van der Waals surface area contributed by atoms with Crippen LogP contribution in [0.15, 0.2) is 30.5 Å². The molecule has 0 aliphatic carbocycles. The molecule has 1 saturated heterocycles. The summed E-state index contributed by atoms with van der Waals surface area (Å²) in [5, 5.41) is 4.68. The van der Waals surface area contributed by atoms with Crippen molar-refractivity contribution in [2.75, 3.05) is 18.0 Å². The maximum atomic E-state index is 6.04. The summed E-state index contributed by atoms with van der Waals surface area (Å²) < 4.78 is 2.09. The molecule has 4 heteroatoms. The number of benzene rings is 1. The molecule has 1 fully saturated rings. The molecule has 2 aromatic rings. The van der Waals surface area contributed by atoms with Crippen LogP contribution in [0.2, 0.25) is 0 Å². The van der Waals surface area contributed by atoms with Crippen molar-refractivity contribution in [3.8, 4) is 5.69 Å². The average molecular weight is 298 g/mol. The summed E-state index contributed by atoms with van der Waals surface area (Å²) in [6.07, 6.45) is 4.15. The van der Waals surface area contributed by atoms with E-state index in [0.29, 0.717) is 12.0 Å². The Morgan fingerprint density at radius 2 is 1.77 bits per heavy atom. The van der Waals surface area contributed by atoms with Gasteiger partial charge in [0.15, 0.2) is 0 Å². The van der Waals surface area contributed by atoms with E-state index in [2.05, 4.69) is 59.7 Å². The van der Waals surface area contributed by atoms with E-state index in [4.69, 9.17) is 5.73 Å². The second kappa shape index (κ2) is 6.13. The maximum Gasteiger partial charge on any atom is 0.0792 e. The minimum Gasteiger partial charge on any atom is -0.369 e. The van der Waals surface area contributed by atoms with E-state index in [1.165, 1.54) is 16.9 Å². The number of nitrogens with two attached hydrogens (primary N) is 1. The summed E-state index contributed by atoms with van der Waals surface area (Å²) in [5.41, 5.74) is 11.0. The molecule has 1 aliphatic heterocycles. The van der Waals surface area contributed by atoms with E-state index in [1.54, 1.807) is 0 Å². The van der Waals surface area contributed by atoms with Gasteiger partial charge in [-0.3, -0.25) is 0 Å². The fraction of sp³-hybridized carbons (Fsp3) is 0.500. The van der Waals surface area contributed by atoms with E-state index >= 15 is 0 Å². The van der Waals surface area contributed by atoms with Gasteiger partial charge in [-0.15, -0.1) is 0 Å². The second-order valence-corrected chi connectivity index (χ2v) is 6.64. The lowest BCUT2D eigenvalue weighted by Gasteiger charge is -2.32. The Morgan fingerprint density at radius 3 is 2.36 bits per heavy atom. The smallest absolute Gasteiger partial charge is 0.0792 e. The Labute approximate surface area is 132 Å². The molecule has 1 aliphatic rings. The molecular formula is C18H26N4. The fourth-order valence-corrected chi connectivity index (χ4v) is 3.17. The number of piperidine rings is 1. The lowest BCUT2D eigenvalue weighted by Crippen LogP contribution is -2.40. The molecule has 0 bridgehead atoms. The molecule has 22 heavy (non-hydrogen) atoms. The largest absolute Gasteiger partial charge is 0.369 e. The van der Waals surface area contributed by atoms with Crippen LogP contribution in [0, 0.1) is 6.92 Å². The highest BCUT2D eigenvalue weighted by atomic mass is 15.3. The lowest BCUT2D eigenvalue weighted by molar-refractivity contribution is 0.499. The van der Waals surface area contributed by atoms with Gasteiger partial charge in [-0.05, 0) is 37.8 Å². The number of aryl methyl sites for hydroxylation is 1. The molecule has 0 amide bonds. The zero-order valence-electron chi connectivity index (χ0n) is 13.8. The monoisotopic (exact) mass is 298 g/mol. The van der Waals surface area contributed by atoms with Crippen LogP contribution in [-0.4, -0.2) is 28.9 Å². The third-order valence-corrected chi connectivity index (χ3v) is 4.49. The fourth-order valence-electron chi connectivity index (χ4n) is 3.17. The van der Waals surface area contributed by atoms with Crippen LogP contribution in [0.5, 0.6) is 0 Å². The van der Waals surface area contributed by atoms with Gasteiger partial charge in [0.2, 0.25) is 0 Å². The van der Waals surface area contributed by atoms with Gasteiger partial charge in [0, 0.05) is 19.1 Å². The van der Waals surface area contributed by atoms with Crippen LogP contribution in [0.3, 0.4) is 0 Å². The maximum absolute atomic E-state index is 6.04. The third-order valence-electron chi connectivity index (χ3n) is 4.49. The molecule has 0 radical (unpaired) electrons. The van der Waals surface area contributed by atoms with Crippen molar-refractivity contribution in [2.45, 2.75) is 45.6 Å². The van der Waals surface area contributed by atoms with E-state index in [-0.39, 0.29) is 0 Å². The first-order valence-corrected chi connectivity index (χ1v) is 8.21. The number of hydrogen-bond acceptors (Lipinski definition) is 3. The summed E-state index contributed by atoms with van der Waals surface area (Å²) in [5.74, 6) is 0.425. The van der Waals surface area contributed by atoms with E-state index < -0.39 is 0 Å². The summed E-state index contributed by atoms with van der Waals surface area (Å²) in [6, 6.07) is 8.92. The zero-order chi connectivity index (χ0) is 15.7. The molecule has 4 nitrogen and oxygen atoms in total. The van der Waals surface area contributed by atoms with E-state index in [9.17, 15) is 0 Å². The lowest BCUT2D eigenvalue weighted by atomic mass is 10.0. The molecule has 0 unspecified atom stereocenters. The van der Waals surface area contributed by atoms with Crippen LogP contribution >= 0.6 is 0 Å². The highest BCUT2D eigenvalue weighted by Gasteiger charge is 2.23. The van der Waals surface area contributed by atoms with Crippen molar-refractivity contribution < 1.29 is 0 Å². The molecule has 0 atom stereocenters. The summed E-state index contributed by atoms with van der Waals surface area (Å²) in [4.78, 5) is 2.44. The first-order valence-electron chi connectivity index (χ1n) is 8.21. The standard InChI is InChI=1S/C18H26N4/c1-13(2)18-17(21-10-8-15(19)9-11-21)12-20-22(18)16-6-4-14(3)5-7-16/h4-7,12-13,15H,8-11,19H2,1-3H3. The van der Waals surface area contributed by atoms with Gasteiger partial charge in [-0.25, -0.2) is 4.68 Å². The predicted octanol–water partition coefficient (Wildman–Crippen LogP) is 3.23. The number of anilines is 1. The summed E-state index contributed by atoms with van der Waals surface area (Å²) in [7, 11) is 0. The Morgan fingerprint density at radius 1 is 1.14 bits per heavy atom. The number of hydrogen-bond donors (Lipinski definition) is 1. The van der Waals surface area contributed by atoms with Crippen molar-refractivity contribution in [2.24, 2.45) is 5.73 Å². The Balaban J connectivity index is 1.97. The molecule has 118 valence electrons. The number of aromatic nitrogens is 2. The quantitative estimate of drug-likeness (QED) is 0.946. The van der Waals surface area contributed by atoms with Crippen LogP contribution in [-0.2, 0) is 0 Å². The van der Waals surface area contributed by atoms with Gasteiger partial charge >= 0.3 is 0 Å². The van der Waals surface area contributed by atoms with Crippen LogP contribution in [0.25, 0.3) is 5.69 Å². The van der Waals surface area contributed by atoms with Crippen molar-refractivity contribution >= 4 is 5.69 Å². The van der Waals surface area contributed by atoms with Crippen LogP contribution in [0.1, 0.15) is 43.9 Å². The molecule has 3 rings (SSSR count). The van der Waals surface area contributed by atoms with Gasteiger partial charge in [-0.2, -0.15) is 5.10 Å². The SMILES string of the molecule is Cc1ccc(-n2ncc(N3CCC(N)CC3)c2C(C)C)cc1. The molecule has 1 aromatic carbocycles. The highest BCUT2D eigenvalue weighted by Crippen LogP contribution is 2.31. The minimum absolute atomic E-state index is 0.353. The Kier molecular flexibility index (Phi) is 4.21. The topological polar surface area (TPSA) is 47.1 Å². The summed E-state index contributed by atoms with van der Waals surface area (Å²) in [6.45, 7) is 8.64. The molecule has 2 N–H and O–H groups in total. The van der Waals surface area contributed by atoms with Gasteiger partial charge < -0.3 is 10.6 Å². The number of nitrogens with zero attached hydrogens (tertiary/aromatic N) is 3. The number of rotatable bonds is 3. The van der Waals surface area contributed by atoms with Crippen molar-refractivity contribution in [1.82, 2.24) is 9.78 Å². The van der Waals surface area contributed by atoms with E-state index in [1.807, 2.05) is 6.20 Å². The normalized spacial score (nSPS) is 16.5. The Hall–Kier alpha value is -1.81. The zero-order valence-corrected chi connectivity index (χ0v) is 13.8. The average Bonchev–Trinajstić information content (AvgIpc) is 2.94. The van der Waals surface area contributed by atoms with Crippen molar-refractivity contribution in [3.63, 3.8) is 0 Å². The van der Waals surface area contributed by atoms with Crippen molar-refractivity contribution in [1.29, 1.82) is 0 Å². The van der Waals surface area contributed by atoms with Crippen LogP contribution < -0.4 is 10.6 Å². The Bertz CT molecular complexity index is 619. The second-order valence-electron chi connectivity index (χ2n) is 6.64. The molecule has 1 aromatic heterocycles. The third kappa shape index (κ3) is 2.88. The van der Waals surface area contributed by atoms with Gasteiger partial charge in [0.25, 0.3) is 0 Å². The van der Waals surface area contributed by atoms with Crippen molar-refractivity contribution in [3.05, 3.63) is 41.7 Å².